The fourth-order valence-electron chi connectivity index (χ4n) is 2.40. The SMILES string of the molecule is O=C(COc1ccc2ccccc2c1)Nc1ccc([O-])cc1C(=O)O. The molecule has 0 unspecified atom stereocenters. The van der Waals surface area contributed by atoms with E-state index >= 15 is 0 Å². The molecule has 0 aromatic heterocycles. The molecule has 0 aliphatic carbocycles. The number of carbonyl (C=O) groups is 2. The Balaban J connectivity index is 1.67. The number of ether oxygens (including phenoxy) is 1. The van der Waals surface area contributed by atoms with Gasteiger partial charge in [-0.3, -0.25) is 4.79 Å². The van der Waals surface area contributed by atoms with Crippen LogP contribution in [0.15, 0.2) is 60.7 Å². The molecule has 0 atom stereocenters. The molecular formula is C19H14NO5-. The first-order valence-corrected chi connectivity index (χ1v) is 7.49. The lowest BCUT2D eigenvalue weighted by Gasteiger charge is -2.13. The molecule has 0 saturated carbocycles. The van der Waals surface area contributed by atoms with Crippen molar-refractivity contribution in [1.29, 1.82) is 0 Å². The number of hydrogen-bond acceptors (Lipinski definition) is 4. The highest BCUT2D eigenvalue weighted by Gasteiger charge is 2.12. The standard InChI is InChI=1S/C19H15NO5/c21-14-6-8-17(16(10-14)19(23)24)20-18(22)11-25-15-7-5-12-3-1-2-4-13(12)9-15/h1-10,21H,11H2,(H,20,22)(H,23,24)/p-1. The van der Waals surface area contributed by atoms with Gasteiger partial charge in [-0.25, -0.2) is 4.79 Å². The number of carboxylic acid groups (broad SMARTS) is 1. The van der Waals surface area contributed by atoms with Crippen molar-refractivity contribution in [3.05, 3.63) is 66.2 Å². The molecular weight excluding hydrogens is 322 g/mol. The molecule has 6 nitrogen and oxygen atoms in total. The number of carbonyl (C=O) groups excluding carboxylic acids is 1. The predicted octanol–water partition coefficient (Wildman–Crippen LogP) is 2.63. The summed E-state index contributed by atoms with van der Waals surface area (Å²) in [5, 5.41) is 24.8. The van der Waals surface area contributed by atoms with Crippen molar-refractivity contribution < 1.29 is 24.5 Å². The first-order valence-electron chi connectivity index (χ1n) is 7.49. The van der Waals surface area contributed by atoms with Crippen LogP contribution < -0.4 is 15.2 Å². The number of nitrogens with one attached hydrogen (secondary N) is 1. The Kier molecular flexibility index (Phi) is 4.52. The monoisotopic (exact) mass is 336 g/mol. The number of amides is 1. The lowest BCUT2D eigenvalue weighted by Crippen LogP contribution is -2.21. The van der Waals surface area contributed by atoms with E-state index in [4.69, 9.17) is 9.84 Å². The molecule has 0 heterocycles. The average molecular weight is 336 g/mol. The molecule has 0 radical (unpaired) electrons. The van der Waals surface area contributed by atoms with Crippen molar-refractivity contribution in [2.45, 2.75) is 0 Å². The van der Waals surface area contributed by atoms with E-state index in [1.807, 2.05) is 36.4 Å². The molecule has 3 aromatic rings. The summed E-state index contributed by atoms with van der Waals surface area (Å²) in [6, 6.07) is 16.6. The smallest absolute Gasteiger partial charge is 0.337 e. The summed E-state index contributed by atoms with van der Waals surface area (Å²) in [6.07, 6.45) is 0. The highest BCUT2D eigenvalue weighted by Crippen LogP contribution is 2.22. The van der Waals surface area contributed by atoms with Crippen LogP contribution >= 0.6 is 0 Å². The van der Waals surface area contributed by atoms with Crippen LogP contribution in [-0.2, 0) is 4.79 Å². The summed E-state index contributed by atoms with van der Waals surface area (Å²) in [7, 11) is 0. The molecule has 0 spiro atoms. The maximum absolute atomic E-state index is 12.0. The van der Waals surface area contributed by atoms with E-state index in [0.717, 1.165) is 16.8 Å². The van der Waals surface area contributed by atoms with E-state index in [-0.39, 0.29) is 17.9 Å². The summed E-state index contributed by atoms with van der Waals surface area (Å²) in [5.41, 5.74) is -0.203. The number of hydrogen-bond donors (Lipinski definition) is 2. The van der Waals surface area contributed by atoms with Crippen molar-refractivity contribution in [1.82, 2.24) is 0 Å². The Morgan fingerprint density at radius 1 is 1.00 bits per heavy atom. The fourth-order valence-corrected chi connectivity index (χ4v) is 2.40. The predicted molar refractivity (Wildman–Crippen MR) is 90.9 cm³/mol. The second kappa shape index (κ2) is 6.92. The third kappa shape index (κ3) is 3.87. The van der Waals surface area contributed by atoms with Crippen LogP contribution in [0.5, 0.6) is 11.5 Å². The zero-order chi connectivity index (χ0) is 17.8. The van der Waals surface area contributed by atoms with Gasteiger partial charge in [0.15, 0.2) is 6.61 Å². The zero-order valence-corrected chi connectivity index (χ0v) is 13.1. The van der Waals surface area contributed by atoms with E-state index < -0.39 is 17.6 Å². The quantitative estimate of drug-likeness (QED) is 0.746. The maximum atomic E-state index is 12.0. The van der Waals surface area contributed by atoms with E-state index in [1.54, 1.807) is 6.07 Å². The van der Waals surface area contributed by atoms with Gasteiger partial charge in [0, 0.05) is 0 Å². The maximum Gasteiger partial charge on any atom is 0.337 e. The molecule has 3 aromatic carbocycles. The molecule has 2 N–H and O–H groups in total. The topological polar surface area (TPSA) is 98.7 Å². The largest absolute Gasteiger partial charge is 0.872 e. The van der Waals surface area contributed by atoms with Crippen LogP contribution in [0.2, 0.25) is 0 Å². The Morgan fingerprint density at radius 3 is 2.52 bits per heavy atom. The van der Waals surface area contributed by atoms with Gasteiger partial charge in [-0.2, -0.15) is 0 Å². The molecule has 6 heteroatoms. The average Bonchev–Trinajstić information content (AvgIpc) is 2.61. The first-order chi connectivity index (χ1) is 12.0. The first kappa shape index (κ1) is 16.3. The van der Waals surface area contributed by atoms with Crippen LogP contribution in [0.1, 0.15) is 10.4 Å². The van der Waals surface area contributed by atoms with Crippen molar-refractivity contribution in [2.75, 3.05) is 11.9 Å². The van der Waals surface area contributed by atoms with Crippen LogP contribution in [0.3, 0.4) is 0 Å². The van der Waals surface area contributed by atoms with Crippen LogP contribution in [0, 0.1) is 0 Å². The van der Waals surface area contributed by atoms with Gasteiger partial charge >= 0.3 is 5.97 Å². The van der Waals surface area contributed by atoms with Crippen LogP contribution in [0.25, 0.3) is 10.8 Å². The third-order valence-corrected chi connectivity index (χ3v) is 3.59. The number of fused-ring (bicyclic) bond motifs is 1. The van der Waals surface area contributed by atoms with Crippen molar-refractivity contribution in [3.63, 3.8) is 0 Å². The van der Waals surface area contributed by atoms with E-state index in [9.17, 15) is 14.7 Å². The summed E-state index contributed by atoms with van der Waals surface area (Å²) >= 11 is 0. The molecule has 3 rings (SSSR count). The number of benzene rings is 3. The Morgan fingerprint density at radius 2 is 1.76 bits per heavy atom. The van der Waals surface area contributed by atoms with E-state index in [2.05, 4.69) is 5.32 Å². The molecule has 0 fully saturated rings. The van der Waals surface area contributed by atoms with Crippen molar-refractivity contribution in [3.8, 4) is 11.5 Å². The van der Waals surface area contributed by atoms with Crippen LogP contribution in [0.4, 0.5) is 5.69 Å². The summed E-state index contributed by atoms with van der Waals surface area (Å²) in [5.74, 6) is -1.72. The summed E-state index contributed by atoms with van der Waals surface area (Å²) in [4.78, 5) is 23.1. The van der Waals surface area contributed by atoms with Gasteiger partial charge in [-0.05, 0) is 29.0 Å². The number of anilines is 1. The second-order valence-electron chi connectivity index (χ2n) is 5.36. The summed E-state index contributed by atoms with van der Waals surface area (Å²) in [6.45, 7) is -0.281. The third-order valence-electron chi connectivity index (χ3n) is 3.59. The fraction of sp³-hybridized carbons (Fsp3) is 0.0526. The minimum absolute atomic E-state index is 0.0548. The lowest BCUT2D eigenvalue weighted by molar-refractivity contribution is -0.268. The zero-order valence-electron chi connectivity index (χ0n) is 13.1. The van der Waals surface area contributed by atoms with Gasteiger partial charge in [0.1, 0.15) is 5.75 Å². The number of carboxylic acids is 1. The van der Waals surface area contributed by atoms with Gasteiger partial charge in [-0.15, -0.1) is 5.75 Å². The van der Waals surface area contributed by atoms with E-state index in [1.165, 1.54) is 12.1 Å². The van der Waals surface area contributed by atoms with Gasteiger partial charge in [-0.1, -0.05) is 42.5 Å². The van der Waals surface area contributed by atoms with Gasteiger partial charge in [0.05, 0.1) is 11.3 Å². The van der Waals surface area contributed by atoms with E-state index in [0.29, 0.717) is 5.75 Å². The molecule has 25 heavy (non-hydrogen) atoms. The highest BCUT2D eigenvalue weighted by molar-refractivity contribution is 6.01. The lowest BCUT2D eigenvalue weighted by atomic mass is 10.1. The normalized spacial score (nSPS) is 10.4. The molecule has 0 saturated heterocycles. The highest BCUT2D eigenvalue weighted by atomic mass is 16.5. The number of rotatable bonds is 5. The van der Waals surface area contributed by atoms with Crippen molar-refractivity contribution >= 4 is 28.3 Å². The molecule has 0 aliphatic rings. The molecule has 126 valence electrons. The van der Waals surface area contributed by atoms with Crippen LogP contribution in [-0.4, -0.2) is 23.6 Å². The Labute approximate surface area is 143 Å². The summed E-state index contributed by atoms with van der Waals surface area (Å²) < 4.78 is 5.45. The van der Waals surface area contributed by atoms with Gasteiger partial charge in [0.2, 0.25) is 0 Å². The van der Waals surface area contributed by atoms with Gasteiger partial charge < -0.3 is 20.3 Å². The molecule has 0 aliphatic heterocycles. The molecule has 1 amide bonds. The Bertz CT molecular complexity index is 951. The minimum Gasteiger partial charge on any atom is -0.872 e. The second-order valence-corrected chi connectivity index (χ2v) is 5.36. The minimum atomic E-state index is -1.29. The van der Waals surface area contributed by atoms with Gasteiger partial charge in [0.25, 0.3) is 5.91 Å². The molecule has 0 bridgehead atoms. The number of aromatic carboxylic acids is 1. The Hall–Kier alpha value is -3.54. The van der Waals surface area contributed by atoms with Crippen molar-refractivity contribution in [2.24, 2.45) is 0 Å².